The first-order chi connectivity index (χ1) is 16.0. The van der Waals surface area contributed by atoms with E-state index < -0.39 is 23.5 Å². The third-order valence-electron chi connectivity index (χ3n) is 5.84. The van der Waals surface area contributed by atoms with Gasteiger partial charge in [0.1, 0.15) is 18.1 Å². The van der Waals surface area contributed by atoms with Crippen LogP contribution in [0.3, 0.4) is 0 Å². The van der Waals surface area contributed by atoms with Crippen LogP contribution in [0.2, 0.25) is 0 Å². The summed E-state index contributed by atoms with van der Waals surface area (Å²) in [5.74, 6) is -0.287. The van der Waals surface area contributed by atoms with Crippen molar-refractivity contribution < 1.29 is 28.6 Å². The van der Waals surface area contributed by atoms with Gasteiger partial charge in [0, 0.05) is 26.2 Å². The fourth-order valence-corrected chi connectivity index (χ4v) is 4.13. The number of aryl methyl sites for hydroxylation is 1. The van der Waals surface area contributed by atoms with E-state index >= 15 is 0 Å². The van der Waals surface area contributed by atoms with Gasteiger partial charge in [-0.1, -0.05) is 24.8 Å². The SMILES string of the molecule is C=CCOc1ccc(C2C(C(=O)c3ccc(C)o3)=C(O)C(=O)N2CCN2CCOCC2)cc1. The van der Waals surface area contributed by atoms with Crippen LogP contribution < -0.4 is 4.74 Å². The molecular weight excluding hydrogens is 424 g/mol. The molecule has 2 aliphatic heterocycles. The Labute approximate surface area is 192 Å². The minimum Gasteiger partial charge on any atom is -0.503 e. The first-order valence-electron chi connectivity index (χ1n) is 11.0. The summed E-state index contributed by atoms with van der Waals surface area (Å²) in [5, 5.41) is 10.8. The van der Waals surface area contributed by atoms with E-state index in [0.29, 0.717) is 50.0 Å². The van der Waals surface area contributed by atoms with Crippen molar-refractivity contribution in [3.63, 3.8) is 0 Å². The number of carbonyl (C=O) groups excluding carboxylic acids is 2. The average Bonchev–Trinajstić information content (AvgIpc) is 3.38. The van der Waals surface area contributed by atoms with E-state index in [0.717, 1.165) is 13.1 Å². The molecule has 4 rings (SSSR count). The standard InChI is InChI=1S/C25H28N2O6/c1-3-14-32-19-7-5-18(6-8-19)22-21(23(28)20-9-4-17(2)33-20)24(29)25(30)27(22)11-10-26-12-15-31-16-13-26/h3-9,22,29H,1,10-16H2,2H3. The maximum Gasteiger partial charge on any atom is 0.290 e. The highest BCUT2D eigenvalue weighted by Gasteiger charge is 2.44. The molecule has 1 atom stereocenters. The summed E-state index contributed by atoms with van der Waals surface area (Å²) >= 11 is 0. The van der Waals surface area contributed by atoms with Crippen LogP contribution in [0.25, 0.3) is 0 Å². The molecule has 0 radical (unpaired) electrons. The molecule has 8 nitrogen and oxygen atoms in total. The fraction of sp³-hybridized carbons (Fsp3) is 0.360. The number of furan rings is 1. The number of aliphatic hydroxyl groups is 1. The van der Waals surface area contributed by atoms with Gasteiger partial charge in [0.15, 0.2) is 11.5 Å². The lowest BCUT2D eigenvalue weighted by Crippen LogP contribution is -2.43. The quantitative estimate of drug-likeness (QED) is 0.462. The van der Waals surface area contributed by atoms with Gasteiger partial charge in [0.2, 0.25) is 5.78 Å². The zero-order chi connectivity index (χ0) is 23.4. The fourth-order valence-electron chi connectivity index (χ4n) is 4.13. The predicted octanol–water partition coefficient (Wildman–Crippen LogP) is 3.06. The van der Waals surface area contributed by atoms with Crippen LogP contribution in [0.15, 0.2) is 64.8 Å². The van der Waals surface area contributed by atoms with Crippen molar-refractivity contribution in [1.29, 1.82) is 0 Å². The molecule has 0 saturated carbocycles. The van der Waals surface area contributed by atoms with Gasteiger partial charge in [-0.2, -0.15) is 0 Å². The van der Waals surface area contributed by atoms with Crippen LogP contribution in [0.1, 0.15) is 27.9 Å². The Hall–Kier alpha value is -3.36. The maximum absolute atomic E-state index is 13.3. The lowest BCUT2D eigenvalue weighted by molar-refractivity contribution is -0.129. The second-order valence-corrected chi connectivity index (χ2v) is 8.03. The summed E-state index contributed by atoms with van der Waals surface area (Å²) in [5.41, 5.74) is 0.725. The van der Waals surface area contributed by atoms with E-state index in [-0.39, 0.29) is 11.3 Å². The molecule has 174 valence electrons. The van der Waals surface area contributed by atoms with E-state index in [4.69, 9.17) is 13.9 Å². The minimum atomic E-state index is -0.732. The van der Waals surface area contributed by atoms with Crippen molar-refractivity contribution in [3.8, 4) is 5.75 Å². The monoisotopic (exact) mass is 452 g/mol. The Kier molecular flexibility index (Phi) is 6.96. The number of ketones is 1. The number of carbonyl (C=O) groups is 2. The van der Waals surface area contributed by atoms with Gasteiger partial charge < -0.3 is 23.9 Å². The van der Waals surface area contributed by atoms with E-state index in [2.05, 4.69) is 11.5 Å². The Balaban J connectivity index is 1.64. The number of aliphatic hydroxyl groups excluding tert-OH is 1. The molecule has 33 heavy (non-hydrogen) atoms. The number of hydrogen-bond donors (Lipinski definition) is 1. The van der Waals surface area contributed by atoms with Crippen LogP contribution in [-0.2, 0) is 9.53 Å². The number of morpholine rings is 1. The second kappa shape index (κ2) is 10.1. The van der Waals surface area contributed by atoms with Gasteiger partial charge in [0.05, 0.1) is 24.8 Å². The normalized spacial score (nSPS) is 19.2. The van der Waals surface area contributed by atoms with Crippen molar-refractivity contribution in [2.24, 2.45) is 0 Å². The zero-order valence-electron chi connectivity index (χ0n) is 18.7. The van der Waals surface area contributed by atoms with Crippen molar-refractivity contribution >= 4 is 11.7 Å². The largest absolute Gasteiger partial charge is 0.503 e. The highest BCUT2D eigenvalue weighted by molar-refractivity contribution is 6.15. The van der Waals surface area contributed by atoms with Crippen LogP contribution in [0.5, 0.6) is 5.75 Å². The molecule has 0 bridgehead atoms. The molecular formula is C25H28N2O6. The van der Waals surface area contributed by atoms with E-state index in [1.54, 1.807) is 54.3 Å². The van der Waals surface area contributed by atoms with Crippen LogP contribution >= 0.6 is 0 Å². The first kappa shape index (κ1) is 22.8. The molecule has 3 heterocycles. The minimum absolute atomic E-state index is 0.0242. The molecule has 1 aromatic carbocycles. The Morgan fingerprint density at radius 2 is 1.91 bits per heavy atom. The van der Waals surface area contributed by atoms with Crippen LogP contribution in [0, 0.1) is 6.92 Å². The number of rotatable bonds is 9. The molecule has 1 N–H and O–H groups in total. The van der Waals surface area contributed by atoms with Gasteiger partial charge >= 0.3 is 0 Å². The summed E-state index contributed by atoms with van der Waals surface area (Å²) in [6.45, 7) is 9.56. The highest BCUT2D eigenvalue weighted by atomic mass is 16.5. The third kappa shape index (κ3) is 4.86. The summed E-state index contributed by atoms with van der Waals surface area (Å²) < 4.78 is 16.5. The molecule has 1 saturated heterocycles. The van der Waals surface area contributed by atoms with Gasteiger partial charge in [-0.3, -0.25) is 14.5 Å². The molecule has 1 aromatic heterocycles. The predicted molar refractivity (Wildman–Crippen MR) is 121 cm³/mol. The number of hydrogen-bond acceptors (Lipinski definition) is 7. The number of benzene rings is 1. The Morgan fingerprint density at radius 3 is 2.55 bits per heavy atom. The molecule has 1 unspecified atom stereocenters. The molecule has 8 heteroatoms. The maximum atomic E-state index is 13.3. The van der Waals surface area contributed by atoms with E-state index in [1.165, 1.54) is 0 Å². The lowest BCUT2D eigenvalue weighted by Gasteiger charge is -2.31. The first-order valence-corrected chi connectivity index (χ1v) is 11.0. The lowest BCUT2D eigenvalue weighted by atomic mass is 9.95. The third-order valence-corrected chi connectivity index (χ3v) is 5.84. The van der Waals surface area contributed by atoms with Crippen molar-refractivity contribution in [1.82, 2.24) is 9.80 Å². The molecule has 0 aliphatic carbocycles. The van der Waals surface area contributed by atoms with Gasteiger partial charge in [-0.25, -0.2) is 0 Å². The average molecular weight is 453 g/mol. The van der Waals surface area contributed by atoms with Gasteiger partial charge in [0.25, 0.3) is 5.91 Å². The van der Waals surface area contributed by atoms with E-state index in [9.17, 15) is 14.7 Å². The number of Topliss-reactive ketones (excluding diaryl/α,β-unsaturated/α-hetero) is 1. The second-order valence-electron chi connectivity index (χ2n) is 8.03. The molecule has 2 aromatic rings. The van der Waals surface area contributed by atoms with Gasteiger partial charge in [-0.05, 0) is 36.8 Å². The van der Waals surface area contributed by atoms with Crippen LogP contribution in [-0.4, -0.2) is 72.6 Å². The summed E-state index contributed by atoms with van der Waals surface area (Å²) in [4.78, 5) is 30.1. The summed E-state index contributed by atoms with van der Waals surface area (Å²) in [7, 11) is 0. The Bertz CT molecular complexity index is 1050. The number of nitrogens with zero attached hydrogens (tertiary/aromatic N) is 2. The topological polar surface area (TPSA) is 92.5 Å². The van der Waals surface area contributed by atoms with E-state index in [1.807, 2.05) is 0 Å². The van der Waals surface area contributed by atoms with Crippen molar-refractivity contribution in [3.05, 3.63) is 77.5 Å². The summed E-state index contributed by atoms with van der Waals surface area (Å²) in [6.07, 6.45) is 1.65. The van der Waals surface area contributed by atoms with Crippen molar-refractivity contribution in [2.75, 3.05) is 46.0 Å². The molecule has 1 fully saturated rings. The van der Waals surface area contributed by atoms with Gasteiger partial charge in [-0.15, -0.1) is 0 Å². The smallest absolute Gasteiger partial charge is 0.290 e. The molecule has 1 amide bonds. The highest BCUT2D eigenvalue weighted by Crippen LogP contribution is 2.39. The zero-order valence-corrected chi connectivity index (χ0v) is 18.7. The molecule has 2 aliphatic rings. The number of amides is 1. The van der Waals surface area contributed by atoms with Crippen molar-refractivity contribution in [2.45, 2.75) is 13.0 Å². The van der Waals surface area contributed by atoms with Crippen LogP contribution in [0.4, 0.5) is 0 Å². The Morgan fingerprint density at radius 1 is 1.18 bits per heavy atom. The molecule has 0 spiro atoms. The summed E-state index contributed by atoms with van der Waals surface area (Å²) in [6, 6.07) is 9.66. The number of ether oxygens (including phenoxy) is 2.